The fourth-order valence-electron chi connectivity index (χ4n) is 1.99. The lowest BCUT2D eigenvalue weighted by molar-refractivity contribution is 0.0955. The molecule has 1 aromatic heterocycles. The molecule has 0 radical (unpaired) electrons. The number of phenolic OH excluding ortho intramolecular Hbond substituents is 1. The van der Waals surface area contributed by atoms with Gasteiger partial charge in [0.25, 0.3) is 5.91 Å². The molecule has 6 heteroatoms. The predicted molar refractivity (Wildman–Crippen MR) is 86.7 cm³/mol. The number of hydrogen-bond donors (Lipinski definition) is 2. The molecule has 6 nitrogen and oxygen atoms in total. The van der Waals surface area contributed by atoms with E-state index in [1.165, 1.54) is 24.3 Å². The van der Waals surface area contributed by atoms with Crippen LogP contribution in [0.5, 0.6) is 5.75 Å². The van der Waals surface area contributed by atoms with Gasteiger partial charge in [0, 0.05) is 23.6 Å². The summed E-state index contributed by atoms with van der Waals surface area (Å²) in [6, 6.07) is 13.6. The molecule has 2 aromatic carbocycles. The molecule has 23 heavy (non-hydrogen) atoms. The van der Waals surface area contributed by atoms with Crippen LogP contribution in [0.25, 0.3) is 5.69 Å². The van der Waals surface area contributed by atoms with Crippen LogP contribution in [0, 0.1) is 0 Å². The maximum atomic E-state index is 11.8. The minimum Gasteiger partial charge on any atom is -0.508 e. The van der Waals surface area contributed by atoms with Crippen molar-refractivity contribution in [3.8, 4) is 11.4 Å². The van der Waals surface area contributed by atoms with Crippen LogP contribution in [-0.4, -0.2) is 26.8 Å². The Morgan fingerprint density at radius 3 is 2.52 bits per heavy atom. The van der Waals surface area contributed by atoms with Crippen LogP contribution in [0.4, 0.5) is 0 Å². The van der Waals surface area contributed by atoms with Gasteiger partial charge in [-0.2, -0.15) is 5.10 Å². The summed E-state index contributed by atoms with van der Waals surface area (Å²) in [5.74, 6) is -0.223. The Kier molecular flexibility index (Phi) is 4.15. The predicted octanol–water partition coefficient (Wildman–Crippen LogP) is 2.34. The highest BCUT2D eigenvalue weighted by Crippen LogP contribution is 2.10. The number of phenols is 1. The molecule has 0 aliphatic rings. The molecule has 1 heterocycles. The molecule has 0 bridgehead atoms. The Bertz CT molecular complexity index is 807. The average molecular weight is 306 g/mol. The molecule has 0 atom stereocenters. The van der Waals surface area contributed by atoms with Crippen molar-refractivity contribution in [1.29, 1.82) is 0 Å². The molecule has 0 fully saturated rings. The first-order valence-electron chi connectivity index (χ1n) is 6.93. The van der Waals surface area contributed by atoms with E-state index in [0.717, 1.165) is 11.3 Å². The van der Waals surface area contributed by atoms with Crippen molar-refractivity contribution in [3.63, 3.8) is 0 Å². The molecule has 0 saturated carbocycles. The number of amides is 1. The molecule has 0 spiro atoms. The number of benzene rings is 2. The van der Waals surface area contributed by atoms with Gasteiger partial charge >= 0.3 is 0 Å². The van der Waals surface area contributed by atoms with Crippen molar-refractivity contribution < 1.29 is 9.90 Å². The van der Waals surface area contributed by atoms with Crippen molar-refractivity contribution in [2.45, 2.75) is 0 Å². The van der Waals surface area contributed by atoms with E-state index in [0.29, 0.717) is 5.56 Å². The molecule has 0 aliphatic carbocycles. The first-order chi connectivity index (χ1) is 11.2. The highest BCUT2D eigenvalue weighted by atomic mass is 16.3. The van der Waals surface area contributed by atoms with E-state index in [1.807, 2.05) is 35.0 Å². The standard InChI is InChI=1S/C17H14N4O2/c22-16-7-3-14(4-8-16)17(23)20-19-11-13-1-5-15(6-2-13)21-10-9-18-12-21/h1-12,22H,(H,20,23)/b19-11+. The SMILES string of the molecule is O=C(N/N=C/c1ccc(-n2ccnc2)cc1)c1ccc(O)cc1. The number of nitrogens with one attached hydrogen (secondary N) is 1. The summed E-state index contributed by atoms with van der Waals surface area (Å²) in [4.78, 5) is 15.8. The monoisotopic (exact) mass is 306 g/mol. The molecule has 2 N–H and O–H groups in total. The summed E-state index contributed by atoms with van der Waals surface area (Å²) in [5, 5.41) is 13.1. The summed E-state index contributed by atoms with van der Waals surface area (Å²) < 4.78 is 1.90. The highest BCUT2D eigenvalue weighted by Gasteiger charge is 2.03. The smallest absolute Gasteiger partial charge is 0.271 e. The number of imidazole rings is 1. The third-order valence-electron chi connectivity index (χ3n) is 3.20. The van der Waals surface area contributed by atoms with Gasteiger partial charge in [0.1, 0.15) is 5.75 Å². The second-order valence-electron chi connectivity index (χ2n) is 4.81. The van der Waals surface area contributed by atoms with Gasteiger partial charge in [0.05, 0.1) is 12.5 Å². The van der Waals surface area contributed by atoms with Crippen LogP contribution in [0.2, 0.25) is 0 Å². The summed E-state index contributed by atoms with van der Waals surface area (Å²) in [5.41, 5.74) is 4.72. The highest BCUT2D eigenvalue weighted by molar-refractivity contribution is 5.94. The molecule has 0 aliphatic heterocycles. The minimum absolute atomic E-state index is 0.114. The zero-order valence-electron chi connectivity index (χ0n) is 12.1. The fraction of sp³-hybridized carbons (Fsp3) is 0. The van der Waals surface area contributed by atoms with Crippen molar-refractivity contribution in [1.82, 2.24) is 15.0 Å². The molecule has 1 amide bonds. The quantitative estimate of drug-likeness (QED) is 0.573. The van der Waals surface area contributed by atoms with Crippen LogP contribution in [0.3, 0.4) is 0 Å². The molecular weight excluding hydrogens is 292 g/mol. The molecule has 3 aromatic rings. The number of nitrogens with zero attached hydrogens (tertiary/aromatic N) is 3. The number of aromatic hydroxyl groups is 1. The number of carbonyl (C=O) groups is 1. The normalized spacial score (nSPS) is 10.8. The zero-order valence-corrected chi connectivity index (χ0v) is 12.1. The Morgan fingerprint density at radius 1 is 1.13 bits per heavy atom. The lowest BCUT2D eigenvalue weighted by atomic mass is 10.2. The van der Waals surface area contributed by atoms with E-state index in [4.69, 9.17) is 0 Å². The number of hydrazone groups is 1. The van der Waals surface area contributed by atoms with E-state index >= 15 is 0 Å². The minimum atomic E-state index is -0.337. The number of rotatable bonds is 4. The van der Waals surface area contributed by atoms with Crippen LogP contribution in [0.15, 0.2) is 72.4 Å². The van der Waals surface area contributed by atoms with Crippen molar-refractivity contribution >= 4 is 12.1 Å². The van der Waals surface area contributed by atoms with Crippen molar-refractivity contribution in [2.75, 3.05) is 0 Å². The van der Waals surface area contributed by atoms with E-state index in [-0.39, 0.29) is 11.7 Å². The second-order valence-corrected chi connectivity index (χ2v) is 4.81. The third-order valence-corrected chi connectivity index (χ3v) is 3.20. The van der Waals surface area contributed by atoms with E-state index in [2.05, 4.69) is 15.5 Å². The topological polar surface area (TPSA) is 79.5 Å². The lowest BCUT2D eigenvalue weighted by Gasteiger charge is -2.02. The number of carbonyl (C=O) groups excluding carboxylic acids is 1. The van der Waals surface area contributed by atoms with Crippen LogP contribution < -0.4 is 5.43 Å². The van der Waals surface area contributed by atoms with Gasteiger partial charge in [-0.1, -0.05) is 12.1 Å². The number of aromatic nitrogens is 2. The van der Waals surface area contributed by atoms with Crippen LogP contribution >= 0.6 is 0 Å². The van der Waals surface area contributed by atoms with Gasteiger partial charge in [-0.05, 0) is 42.0 Å². The van der Waals surface area contributed by atoms with E-state index < -0.39 is 0 Å². The first-order valence-corrected chi connectivity index (χ1v) is 6.93. The largest absolute Gasteiger partial charge is 0.508 e. The summed E-state index contributed by atoms with van der Waals surface area (Å²) >= 11 is 0. The second kappa shape index (κ2) is 6.57. The van der Waals surface area contributed by atoms with Gasteiger partial charge in [0.2, 0.25) is 0 Å². The average Bonchev–Trinajstić information content (AvgIpc) is 3.10. The molecular formula is C17H14N4O2. The molecule has 3 rings (SSSR count). The summed E-state index contributed by atoms with van der Waals surface area (Å²) in [7, 11) is 0. The Morgan fingerprint density at radius 2 is 1.87 bits per heavy atom. The Hall–Kier alpha value is -3.41. The zero-order chi connectivity index (χ0) is 16.1. The van der Waals surface area contributed by atoms with Crippen LogP contribution in [0.1, 0.15) is 15.9 Å². The first kappa shape index (κ1) is 14.5. The molecule has 114 valence electrons. The summed E-state index contributed by atoms with van der Waals surface area (Å²) in [6.07, 6.45) is 6.87. The van der Waals surface area contributed by atoms with E-state index in [9.17, 15) is 9.90 Å². The fourth-order valence-corrected chi connectivity index (χ4v) is 1.99. The lowest BCUT2D eigenvalue weighted by Crippen LogP contribution is -2.17. The summed E-state index contributed by atoms with van der Waals surface area (Å²) in [6.45, 7) is 0. The maximum absolute atomic E-state index is 11.8. The van der Waals surface area contributed by atoms with Gasteiger partial charge < -0.3 is 9.67 Å². The van der Waals surface area contributed by atoms with Gasteiger partial charge in [-0.3, -0.25) is 4.79 Å². The Labute approximate surface area is 132 Å². The van der Waals surface area contributed by atoms with Gasteiger partial charge in [0.15, 0.2) is 0 Å². The van der Waals surface area contributed by atoms with Crippen molar-refractivity contribution in [3.05, 3.63) is 78.4 Å². The van der Waals surface area contributed by atoms with E-state index in [1.54, 1.807) is 18.7 Å². The van der Waals surface area contributed by atoms with Gasteiger partial charge in [-0.25, -0.2) is 10.4 Å². The number of hydrogen-bond acceptors (Lipinski definition) is 4. The van der Waals surface area contributed by atoms with Crippen molar-refractivity contribution in [2.24, 2.45) is 5.10 Å². The van der Waals surface area contributed by atoms with Crippen LogP contribution in [-0.2, 0) is 0 Å². The third kappa shape index (κ3) is 3.62. The Balaban J connectivity index is 1.61. The molecule has 0 unspecified atom stereocenters. The maximum Gasteiger partial charge on any atom is 0.271 e. The van der Waals surface area contributed by atoms with Gasteiger partial charge in [-0.15, -0.1) is 0 Å². The molecule has 0 saturated heterocycles.